The van der Waals surface area contributed by atoms with Crippen molar-refractivity contribution in [1.82, 2.24) is 20.2 Å². The van der Waals surface area contributed by atoms with Crippen molar-refractivity contribution in [3.63, 3.8) is 0 Å². The van der Waals surface area contributed by atoms with Gasteiger partial charge in [0.05, 0.1) is 23.9 Å². The van der Waals surface area contributed by atoms with Crippen LogP contribution in [0.3, 0.4) is 0 Å². The van der Waals surface area contributed by atoms with E-state index in [4.69, 9.17) is 10.5 Å². The Hall–Kier alpha value is -2.11. The number of tetrazole rings is 1. The Labute approximate surface area is 118 Å². The van der Waals surface area contributed by atoms with E-state index in [9.17, 15) is 0 Å². The number of aromatic nitrogens is 4. The Balaban J connectivity index is 2.52. The van der Waals surface area contributed by atoms with Crippen molar-refractivity contribution in [3.8, 4) is 17.1 Å². The molecule has 0 spiro atoms. The molecule has 0 aliphatic carbocycles. The second-order valence-corrected chi connectivity index (χ2v) is 4.57. The van der Waals surface area contributed by atoms with E-state index in [1.54, 1.807) is 0 Å². The lowest BCUT2D eigenvalue weighted by atomic mass is 10.1. The number of hydrogen-bond acceptors (Lipinski definition) is 5. The van der Waals surface area contributed by atoms with Gasteiger partial charge in [-0.15, -0.1) is 5.10 Å². The summed E-state index contributed by atoms with van der Waals surface area (Å²) < 4.78 is 7.52. The molecule has 0 atom stereocenters. The number of anilines is 1. The monoisotopic (exact) mass is 275 g/mol. The molecule has 2 rings (SSSR count). The van der Waals surface area contributed by atoms with E-state index in [0.717, 1.165) is 18.4 Å². The zero-order valence-electron chi connectivity index (χ0n) is 12.2. The molecule has 2 aromatic rings. The van der Waals surface area contributed by atoms with Crippen LogP contribution >= 0.6 is 0 Å². The molecule has 0 aliphatic heterocycles. The minimum Gasteiger partial charge on any atom is -0.491 e. The smallest absolute Gasteiger partial charge is 0.186 e. The quantitative estimate of drug-likeness (QED) is 0.820. The van der Waals surface area contributed by atoms with Gasteiger partial charge in [-0.1, -0.05) is 19.9 Å². The molecule has 0 amide bonds. The number of ether oxygens (including phenoxy) is 1. The molecule has 20 heavy (non-hydrogen) atoms. The maximum atomic E-state index is 6.00. The van der Waals surface area contributed by atoms with Gasteiger partial charge in [0.2, 0.25) is 0 Å². The van der Waals surface area contributed by atoms with Crippen LogP contribution in [0.25, 0.3) is 11.4 Å². The molecule has 0 aliphatic rings. The molecular weight excluding hydrogens is 254 g/mol. The van der Waals surface area contributed by atoms with Crippen molar-refractivity contribution in [2.45, 2.75) is 39.7 Å². The Morgan fingerprint density at radius 3 is 2.65 bits per heavy atom. The number of rotatable bonds is 6. The number of nitrogen functional groups attached to an aromatic ring is 1. The van der Waals surface area contributed by atoms with Gasteiger partial charge in [-0.3, -0.25) is 0 Å². The van der Waals surface area contributed by atoms with E-state index in [0.29, 0.717) is 23.9 Å². The van der Waals surface area contributed by atoms with Crippen LogP contribution in [0, 0.1) is 0 Å². The summed E-state index contributed by atoms with van der Waals surface area (Å²) in [4.78, 5) is 0. The molecule has 1 aromatic heterocycles. The van der Waals surface area contributed by atoms with Gasteiger partial charge < -0.3 is 10.5 Å². The van der Waals surface area contributed by atoms with Crippen molar-refractivity contribution < 1.29 is 4.74 Å². The van der Waals surface area contributed by atoms with E-state index in [2.05, 4.69) is 29.4 Å². The maximum absolute atomic E-state index is 6.00. The minimum absolute atomic E-state index is 0.274. The SMILES string of the molecule is CCOc1c(N)cccc1-c1nnnn1C(CC)CC. The van der Waals surface area contributed by atoms with Gasteiger partial charge in [-0.25, -0.2) is 4.68 Å². The topological polar surface area (TPSA) is 78.8 Å². The van der Waals surface area contributed by atoms with Gasteiger partial charge in [0.15, 0.2) is 11.6 Å². The Bertz CT molecular complexity index is 562. The zero-order valence-corrected chi connectivity index (χ0v) is 12.2. The van der Waals surface area contributed by atoms with Crippen molar-refractivity contribution >= 4 is 5.69 Å². The van der Waals surface area contributed by atoms with Crippen LogP contribution in [0.2, 0.25) is 0 Å². The van der Waals surface area contributed by atoms with Crippen LogP contribution in [-0.2, 0) is 0 Å². The molecule has 0 bridgehead atoms. The molecule has 6 heteroatoms. The van der Waals surface area contributed by atoms with Crippen LogP contribution in [0.1, 0.15) is 39.7 Å². The Morgan fingerprint density at radius 1 is 1.25 bits per heavy atom. The standard InChI is InChI=1S/C14H21N5O/c1-4-10(5-2)19-14(16-17-18-19)11-8-7-9-12(15)13(11)20-6-3/h7-10H,4-6,15H2,1-3H3. The average molecular weight is 275 g/mol. The van der Waals surface area contributed by atoms with E-state index >= 15 is 0 Å². The molecule has 2 N–H and O–H groups in total. The number of benzene rings is 1. The predicted molar refractivity (Wildman–Crippen MR) is 78.5 cm³/mol. The zero-order chi connectivity index (χ0) is 14.5. The predicted octanol–water partition coefficient (Wildman–Crippen LogP) is 2.68. The van der Waals surface area contributed by atoms with Crippen molar-refractivity contribution in [3.05, 3.63) is 18.2 Å². The van der Waals surface area contributed by atoms with E-state index < -0.39 is 0 Å². The van der Waals surface area contributed by atoms with Gasteiger partial charge in [0.25, 0.3) is 0 Å². The van der Waals surface area contributed by atoms with Gasteiger partial charge in [-0.05, 0) is 42.3 Å². The van der Waals surface area contributed by atoms with Crippen molar-refractivity contribution in [2.75, 3.05) is 12.3 Å². The summed E-state index contributed by atoms with van der Waals surface area (Å²) in [6, 6.07) is 5.92. The first-order valence-electron chi connectivity index (χ1n) is 7.02. The lowest BCUT2D eigenvalue weighted by Crippen LogP contribution is -2.11. The normalized spacial score (nSPS) is 11.0. The van der Waals surface area contributed by atoms with Crippen molar-refractivity contribution in [1.29, 1.82) is 0 Å². The molecule has 1 heterocycles. The molecule has 6 nitrogen and oxygen atoms in total. The second-order valence-electron chi connectivity index (χ2n) is 4.57. The molecular formula is C14H21N5O. The summed E-state index contributed by atoms with van der Waals surface area (Å²) in [5, 5.41) is 12.1. The maximum Gasteiger partial charge on any atom is 0.186 e. The highest BCUT2D eigenvalue weighted by atomic mass is 16.5. The first-order chi connectivity index (χ1) is 9.72. The lowest BCUT2D eigenvalue weighted by molar-refractivity contribution is 0.342. The fourth-order valence-electron chi connectivity index (χ4n) is 2.29. The molecule has 0 unspecified atom stereocenters. The third kappa shape index (κ3) is 2.59. The molecule has 0 fully saturated rings. The number of para-hydroxylation sites is 1. The third-order valence-electron chi connectivity index (χ3n) is 3.36. The first kappa shape index (κ1) is 14.3. The summed E-state index contributed by atoms with van der Waals surface area (Å²) in [5.74, 6) is 1.35. The second kappa shape index (κ2) is 6.36. The Morgan fingerprint density at radius 2 is 2.00 bits per heavy atom. The number of nitrogens with two attached hydrogens (primary N) is 1. The van der Waals surface area contributed by atoms with Gasteiger partial charge in [-0.2, -0.15) is 0 Å². The average Bonchev–Trinajstić information content (AvgIpc) is 2.92. The van der Waals surface area contributed by atoms with E-state index in [1.165, 1.54) is 0 Å². The Kier molecular flexibility index (Phi) is 4.55. The molecule has 0 radical (unpaired) electrons. The van der Waals surface area contributed by atoms with E-state index in [-0.39, 0.29) is 6.04 Å². The highest BCUT2D eigenvalue weighted by Gasteiger charge is 2.19. The largest absolute Gasteiger partial charge is 0.491 e. The minimum atomic E-state index is 0.274. The fourth-order valence-corrected chi connectivity index (χ4v) is 2.29. The highest BCUT2D eigenvalue weighted by Crippen LogP contribution is 2.35. The molecule has 1 aromatic carbocycles. The summed E-state index contributed by atoms with van der Waals surface area (Å²) in [6.07, 6.45) is 1.95. The van der Waals surface area contributed by atoms with Crippen molar-refractivity contribution in [2.24, 2.45) is 0 Å². The molecule has 0 saturated carbocycles. The molecule has 0 saturated heterocycles. The number of nitrogens with zero attached hydrogens (tertiary/aromatic N) is 4. The summed E-state index contributed by atoms with van der Waals surface area (Å²) in [5.41, 5.74) is 7.44. The fraction of sp³-hybridized carbons (Fsp3) is 0.500. The summed E-state index contributed by atoms with van der Waals surface area (Å²) in [7, 11) is 0. The summed E-state index contributed by atoms with van der Waals surface area (Å²) in [6.45, 7) is 6.73. The molecule has 108 valence electrons. The van der Waals surface area contributed by atoms with Crippen LogP contribution in [-0.4, -0.2) is 26.8 Å². The highest BCUT2D eigenvalue weighted by molar-refractivity contribution is 5.73. The van der Waals surface area contributed by atoms with Crippen LogP contribution in [0.4, 0.5) is 5.69 Å². The van der Waals surface area contributed by atoms with Crippen LogP contribution in [0.5, 0.6) is 5.75 Å². The van der Waals surface area contributed by atoms with E-state index in [1.807, 2.05) is 29.8 Å². The van der Waals surface area contributed by atoms with Gasteiger partial charge in [0, 0.05) is 0 Å². The summed E-state index contributed by atoms with van der Waals surface area (Å²) >= 11 is 0. The van der Waals surface area contributed by atoms with Crippen LogP contribution in [0.15, 0.2) is 18.2 Å². The van der Waals surface area contributed by atoms with Gasteiger partial charge >= 0.3 is 0 Å². The van der Waals surface area contributed by atoms with Crippen LogP contribution < -0.4 is 10.5 Å². The first-order valence-corrected chi connectivity index (χ1v) is 7.02. The number of hydrogen-bond donors (Lipinski definition) is 1. The third-order valence-corrected chi connectivity index (χ3v) is 3.36. The lowest BCUT2D eigenvalue weighted by Gasteiger charge is -2.16. The van der Waals surface area contributed by atoms with Gasteiger partial charge in [0.1, 0.15) is 0 Å².